The van der Waals surface area contributed by atoms with Crippen molar-refractivity contribution in [2.24, 2.45) is 0 Å². The molecule has 1 heterocycles. The van der Waals surface area contributed by atoms with Crippen molar-refractivity contribution in [2.75, 3.05) is 5.32 Å². The lowest BCUT2D eigenvalue weighted by molar-refractivity contribution is 1.14. The zero-order valence-electron chi connectivity index (χ0n) is 5.62. The summed E-state index contributed by atoms with van der Waals surface area (Å²) in [6, 6.07) is 6.46. The van der Waals surface area contributed by atoms with Crippen LogP contribution >= 0.6 is 0 Å². The molecular formula is C8H9N2. The van der Waals surface area contributed by atoms with Gasteiger partial charge in [-0.05, 0) is 25.0 Å². The Hall–Kier alpha value is -1.05. The van der Waals surface area contributed by atoms with Gasteiger partial charge < -0.3 is 5.32 Å². The van der Waals surface area contributed by atoms with E-state index in [0.717, 1.165) is 5.82 Å². The smallest absolute Gasteiger partial charge is 0.126 e. The van der Waals surface area contributed by atoms with Crippen molar-refractivity contribution in [1.82, 2.24) is 4.98 Å². The van der Waals surface area contributed by atoms with E-state index in [1.54, 1.807) is 6.20 Å². The average molecular weight is 133 g/mol. The molecule has 0 aromatic carbocycles. The molecule has 1 aliphatic carbocycles. The molecule has 0 amide bonds. The Kier molecular flexibility index (Phi) is 1.31. The van der Waals surface area contributed by atoms with Crippen LogP contribution in [0.1, 0.15) is 6.42 Å². The summed E-state index contributed by atoms with van der Waals surface area (Å²) in [5, 5.41) is 3.25. The fourth-order valence-corrected chi connectivity index (χ4v) is 0.824. The van der Waals surface area contributed by atoms with Crippen molar-refractivity contribution in [3.05, 3.63) is 30.8 Å². The second kappa shape index (κ2) is 2.29. The number of hydrogen-bond donors (Lipinski definition) is 1. The molecule has 1 aliphatic rings. The molecular weight excluding hydrogens is 124 g/mol. The molecule has 1 unspecified atom stereocenters. The molecule has 1 aromatic rings. The number of pyridine rings is 1. The first-order valence-corrected chi connectivity index (χ1v) is 3.46. The molecule has 0 bridgehead atoms. The fourth-order valence-electron chi connectivity index (χ4n) is 0.824. The first-order chi connectivity index (χ1) is 4.95. The zero-order chi connectivity index (χ0) is 6.81. The number of rotatable bonds is 2. The maximum atomic E-state index is 4.13. The highest BCUT2D eigenvalue weighted by atomic mass is 15.0. The quantitative estimate of drug-likeness (QED) is 0.660. The van der Waals surface area contributed by atoms with Gasteiger partial charge in [0.2, 0.25) is 0 Å². The standard InChI is InChI=1S/C8H9N2/c1-2-6-9-8(3-1)10-7-4-5-7/h1-4,6-7H,5H2,(H,9,10). The zero-order valence-corrected chi connectivity index (χ0v) is 5.62. The van der Waals surface area contributed by atoms with E-state index in [-0.39, 0.29) is 0 Å². The minimum atomic E-state index is 0.579. The Morgan fingerprint density at radius 1 is 1.50 bits per heavy atom. The number of nitrogens with zero attached hydrogens (tertiary/aromatic N) is 1. The lowest BCUT2D eigenvalue weighted by Gasteiger charge is -1.99. The molecule has 1 radical (unpaired) electrons. The third-order valence-corrected chi connectivity index (χ3v) is 1.47. The van der Waals surface area contributed by atoms with Crippen LogP contribution in [0.2, 0.25) is 0 Å². The van der Waals surface area contributed by atoms with Gasteiger partial charge in [-0.25, -0.2) is 4.98 Å². The third kappa shape index (κ3) is 1.26. The van der Waals surface area contributed by atoms with Crippen LogP contribution in [0, 0.1) is 6.42 Å². The Balaban J connectivity index is 2.03. The molecule has 0 aliphatic heterocycles. The van der Waals surface area contributed by atoms with Crippen molar-refractivity contribution in [2.45, 2.75) is 12.5 Å². The van der Waals surface area contributed by atoms with Gasteiger partial charge in [-0.3, -0.25) is 0 Å². The van der Waals surface area contributed by atoms with E-state index in [0.29, 0.717) is 6.04 Å². The van der Waals surface area contributed by atoms with Gasteiger partial charge in [0.05, 0.1) is 0 Å². The maximum absolute atomic E-state index is 4.13. The topological polar surface area (TPSA) is 24.9 Å². The first kappa shape index (κ1) is 5.71. The van der Waals surface area contributed by atoms with Crippen molar-refractivity contribution < 1.29 is 0 Å². The summed E-state index contributed by atoms with van der Waals surface area (Å²) in [5.74, 6) is 0.973. The van der Waals surface area contributed by atoms with Gasteiger partial charge in [-0.15, -0.1) is 0 Å². The lowest BCUT2D eigenvalue weighted by Crippen LogP contribution is -2.01. The summed E-state index contributed by atoms with van der Waals surface area (Å²) in [7, 11) is 0. The van der Waals surface area contributed by atoms with Crippen LogP contribution in [0.15, 0.2) is 24.4 Å². The molecule has 10 heavy (non-hydrogen) atoms. The number of anilines is 1. The molecule has 2 rings (SSSR count). The van der Waals surface area contributed by atoms with E-state index >= 15 is 0 Å². The Morgan fingerprint density at radius 2 is 2.40 bits per heavy atom. The van der Waals surface area contributed by atoms with Gasteiger partial charge in [0, 0.05) is 12.2 Å². The molecule has 0 spiro atoms. The predicted octanol–water partition coefficient (Wildman–Crippen LogP) is 1.47. The fraction of sp³-hybridized carbons (Fsp3) is 0.250. The molecule has 1 fully saturated rings. The summed E-state index contributed by atoms with van der Waals surface area (Å²) < 4.78 is 0. The second-order valence-corrected chi connectivity index (χ2v) is 2.44. The van der Waals surface area contributed by atoms with E-state index < -0.39 is 0 Å². The summed E-state index contributed by atoms with van der Waals surface area (Å²) in [6.45, 7) is 0. The molecule has 0 saturated heterocycles. The number of aromatic nitrogens is 1. The van der Waals surface area contributed by atoms with Crippen LogP contribution < -0.4 is 5.32 Å². The van der Waals surface area contributed by atoms with E-state index in [2.05, 4.69) is 16.7 Å². The summed E-state index contributed by atoms with van der Waals surface area (Å²) >= 11 is 0. The van der Waals surface area contributed by atoms with Gasteiger partial charge >= 0.3 is 0 Å². The number of nitrogens with one attached hydrogen (secondary N) is 1. The predicted molar refractivity (Wildman–Crippen MR) is 40.6 cm³/mol. The van der Waals surface area contributed by atoms with Crippen molar-refractivity contribution in [3.8, 4) is 0 Å². The van der Waals surface area contributed by atoms with Gasteiger partial charge in [-0.2, -0.15) is 0 Å². The van der Waals surface area contributed by atoms with E-state index in [1.165, 1.54) is 6.42 Å². The van der Waals surface area contributed by atoms with Crippen LogP contribution in [0.25, 0.3) is 0 Å². The van der Waals surface area contributed by atoms with Crippen molar-refractivity contribution >= 4 is 5.82 Å². The molecule has 51 valence electrons. The minimum Gasteiger partial charge on any atom is -0.367 e. The van der Waals surface area contributed by atoms with Crippen molar-refractivity contribution in [3.63, 3.8) is 0 Å². The largest absolute Gasteiger partial charge is 0.367 e. The first-order valence-electron chi connectivity index (χ1n) is 3.46. The maximum Gasteiger partial charge on any atom is 0.126 e. The van der Waals surface area contributed by atoms with E-state index in [1.807, 2.05) is 18.2 Å². The van der Waals surface area contributed by atoms with Gasteiger partial charge in [-0.1, -0.05) is 6.07 Å². The minimum absolute atomic E-state index is 0.579. The highest BCUT2D eigenvalue weighted by Crippen LogP contribution is 2.21. The van der Waals surface area contributed by atoms with Crippen LogP contribution in [-0.2, 0) is 0 Å². The van der Waals surface area contributed by atoms with E-state index in [4.69, 9.17) is 0 Å². The Bertz CT molecular complexity index is 204. The van der Waals surface area contributed by atoms with Crippen LogP contribution in [0.5, 0.6) is 0 Å². The summed E-state index contributed by atoms with van der Waals surface area (Å²) in [4.78, 5) is 4.13. The molecule has 2 nitrogen and oxygen atoms in total. The van der Waals surface area contributed by atoms with Gasteiger partial charge in [0.15, 0.2) is 0 Å². The average Bonchev–Trinajstić information content (AvgIpc) is 2.74. The van der Waals surface area contributed by atoms with Gasteiger partial charge in [0.25, 0.3) is 0 Å². The molecule has 1 saturated carbocycles. The second-order valence-electron chi connectivity index (χ2n) is 2.44. The lowest BCUT2D eigenvalue weighted by atomic mass is 10.4. The highest BCUT2D eigenvalue weighted by Gasteiger charge is 2.21. The third-order valence-electron chi connectivity index (χ3n) is 1.47. The summed E-state index contributed by atoms with van der Waals surface area (Å²) in [5.41, 5.74) is 0. The van der Waals surface area contributed by atoms with Crippen molar-refractivity contribution in [1.29, 1.82) is 0 Å². The SMILES string of the molecule is [CH]1CC1Nc1ccccn1. The molecule has 1 atom stereocenters. The molecule has 1 aromatic heterocycles. The monoisotopic (exact) mass is 133 g/mol. The normalized spacial score (nSPS) is 16.8. The van der Waals surface area contributed by atoms with Gasteiger partial charge in [0.1, 0.15) is 5.82 Å². The van der Waals surface area contributed by atoms with Crippen LogP contribution in [0.4, 0.5) is 5.82 Å². The molecule has 2 heteroatoms. The van der Waals surface area contributed by atoms with E-state index in [9.17, 15) is 0 Å². The van der Waals surface area contributed by atoms with Crippen LogP contribution in [-0.4, -0.2) is 11.0 Å². The highest BCUT2D eigenvalue weighted by molar-refractivity contribution is 5.38. The van der Waals surface area contributed by atoms with Crippen LogP contribution in [0.3, 0.4) is 0 Å². The Labute approximate surface area is 60.3 Å². The number of hydrogen-bond acceptors (Lipinski definition) is 2. The Morgan fingerprint density at radius 3 is 3.00 bits per heavy atom. The molecule has 1 N–H and O–H groups in total. The summed E-state index contributed by atoms with van der Waals surface area (Å²) in [6.07, 6.45) is 5.19.